The summed E-state index contributed by atoms with van der Waals surface area (Å²) in [6, 6.07) is 6.27. The van der Waals surface area contributed by atoms with Gasteiger partial charge in [0.05, 0.1) is 0 Å². The minimum Gasteiger partial charge on any atom is -0.406 e. The largest absolute Gasteiger partial charge is 0.573 e. The zero-order valence-corrected chi connectivity index (χ0v) is 12.0. The molecule has 6 heteroatoms. The van der Waals surface area contributed by atoms with Gasteiger partial charge in [-0.3, -0.25) is 0 Å². The van der Waals surface area contributed by atoms with Crippen molar-refractivity contribution in [1.82, 2.24) is 5.32 Å². The minimum atomic E-state index is -4.65. The number of benzene rings is 1. The lowest BCUT2D eigenvalue weighted by molar-refractivity contribution is -0.274. The maximum Gasteiger partial charge on any atom is 0.573 e. The van der Waals surface area contributed by atoms with E-state index in [9.17, 15) is 13.2 Å². The average molecular weight is 303 g/mol. The lowest BCUT2D eigenvalue weighted by Crippen LogP contribution is -2.32. The molecule has 1 atom stereocenters. The Kier molecular flexibility index (Phi) is 5.47. The van der Waals surface area contributed by atoms with Crippen molar-refractivity contribution in [1.29, 1.82) is 0 Å². The Hall–Kier alpha value is -1.27. The van der Waals surface area contributed by atoms with Crippen LogP contribution in [0.3, 0.4) is 0 Å². The second kappa shape index (κ2) is 7.13. The molecule has 21 heavy (non-hydrogen) atoms. The van der Waals surface area contributed by atoms with Crippen LogP contribution in [0.1, 0.15) is 31.4 Å². The van der Waals surface area contributed by atoms with Crippen molar-refractivity contribution in [2.45, 2.75) is 32.2 Å². The number of hydrogen-bond donors (Lipinski definition) is 1. The van der Waals surface area contributed by atoms with E-state index in [-0.39, 0.29) is 11.8 Å². The van der Waals surface area contributed by atoms with Crippen molar-refractivity contribution in [3.8, 4) is 5.75 Å². The van der Waals surface area contributed by atoms with Crippen LogP contribution in [0.25, 0.3) is 0 Å². The smallest absolute Gasteiger partial charge is 0.406 e. The molecule has 118 valence electrons. The maximum atomic E-state index is 12.2. The molecule has 0 bridgehead atoms. The molecule has 0 aromatic heterocycles. The van der Waals surface area contributed by atoms with E-state index in [1.807, 2.05) is 6.92 Å². The van der Waals surface area contributed by atoms with E-state index in [0.717, 1.165) is 38.2 Å². The van der Waals surface area contributed by atoms with Gasteiger partial charge in [0.2, 0.25) is 0 Å². The second-order valence-electron chi connectivity index (χ2n) is 5.10. The summed E-state index contributed by atoms with van der Waals surface area (Å²) in [6.45, 7) is 4.31. The molecule has 1 aromatic carbocycles. The molecule has 1 saturated heterocycles. The first-order valence-corrected chi connectivity index (χ1v) is 7.16. The molecular formula is C15H20F3NO2. The summed E-state index contributed by atoms with van der Waals surface area (Å²) in [5, 5.41) is 3.42. The maximum absolute atomic E-state index is 12.2. The average Bonchev–Trinajstić information content (AvgIpc) is 2.45. The minimum absolute atomic E-state index is 0.138. The summed E-state index contributed by atoms with van der Waals surface area (Å²) in [5.41, 5.74) is 0.985. The first kappa shape index (κ1) is 16.1. The highest BCUT2D eigenvalue weighted by Crippen LogP contribution is 2.31. The van der Waals surface area contributed by atoms with E-state index in [1.165, 1.54) is 12.1 Å². The fourth-order valence-corrected chi connectivity index (χ4v) is 2.70. The monoisotopic (exact) mass is 303 g/mol. The van der Waals surface area contributed by atoms with Crippen LogP contribution >= 0.6 is 0 Å². The van der Waals surface area contributed by atoms with Gasteiger partial charge >= 0.3 is 6.36 Å². The Labute approximate surface area is 122 Å². The van der Waals surface area contributed by atoms with Crippen LogP contribution < -0.4 is 10.1 Å². The predicted molar refractivity (Wildman–Crippen MR) is 73.1 cm³/mol. The third-order valence-electron chi connectivity index (χ3n) is 3.63. The van der Waals surface area contributed by atoms with Crippen LogP contribution in [-0.4, -0.2) is 26.1 Å². The summed E-state index contributed by atoms with van der Waals surface area (Å²) in [5.74, 6) is 0.251. The SMILES string of the molecule is CCNC(c1ccc(OC(F)(F)F)cc1)C1CCOCC1. The number of hydrogen-bond acceptors (Lipinski definition) is 3. The van der Waals surface area contributed by atoms with Crippen LogP contribution in [0.2, 0.25) is 0 Å². The van der Waals surface area contributed by atoms with Crippen LogP contribution in [0.5, 0.6) is 5.75 Å². The van der Waals surface area contributed by atoms with E-state index < -0.39 is 6.36 Å². The van der Waals surface area contributed by atoms with E-state index in [0.29, 0.717) is 5.92 Å². The van der Waals surface area contributed by atoms with Crippen LogP contribution in [0.15, 0.2) is 24.3 Å². The number of halogens is 3. The third kappa shape index (κ3) is 4.89. The summed E-state index contributed by atoms with van der Waals surface area (Å²) < 4.78 is 45.8. The molecule has 1 aliphatic heterocycles. The zero-order chi connectivity index (χ0) is 15.3. The molecule has 1 fully saturated rings. The van der Waals surface area contributed by atoms with Crippen molar-refractivity contribution >= 4 is 0 Å². The molecular weight excluding hydrogens is 283 g/mol. The van der Waals surface area contributed by atoms with Gasteiger partial charge in [-0.25, -0.2) is 0 Å². The van der Waals surface area contributed by atoms with E-state index >= 15 is 0 Å². The molecule has 0 radical (unpaired) electrons. The first-order chi connectivity index (χ1) is 9.99. The van der Waals surface area contributed by atoms with Gasteiger partial charge in [0.15, 0.2) is 0 Å². The highest BCUT2D eigenvalue weighted by Gasteiger charge is 2.31. The van der Waals surface area contributed by atoms with Gasteiger partial charge < -0.3 is 14.8 Å². The lowest BCUT2D eigenvalue weighted by atomic mass is 9.87. The Balaban J connectivity index is 2.09. The van der Waals surface area contributed by atoms with E-state index in [2.05, 4.69) is 10.1 Å². The van der Waals surface area contributed by atoms with Gasteiger partial charge in [-0.05, 0) is 43.0 Å². The molecule has 0 aliphatic carbocycles. The topological polar surface area (TPSA) is 30.5 Å². The van der Waals surface area contributed by atoms with E-state index in [4.69, 9.17) is 4.74 Å². The quantitative estimate of drug-likeness (QED) is 0.900. The van der Waals surface area contributed by atoms with Gasteiger partial charge in [0.25, 0.3) is 0 Å². The molecule has 1 aromatic rings. The first-order valence-electron chi connectivity index (χ1n) is 7.16. The summed E-state index contributed by atoms with van der Waals surface area (Å²) >= 11 is 0. The molecule has 0 saturated carbocycles. The van der Waals surface area contributed by atoms with Crippen LogP contribution in [0, 0.1) is 5.92 Å². The Morgan fingerprint density at radius 2 is 1.86 bits per heavy atom. The van der Waals surface area contributed by atoms with E-state index in [1.54, 1.807) is 12.1 Å². The van der Waals surface area contributed by atoms with Crippen LogP contribution in [-0.2, 0) is 4.74 Å². The molecule has 3 nitrogen and oxygen atoms in total. The number of rotatable bonds is 5. The van der Waals surface area contributed by atoms with Crippen molar-refractivity contribution in [2.24, 2.45) is 5.92 Å². The molecule has 2 rings (SSSR count). The normalized spacial score (nSPS) is 18.5. The molecule has 1 aliphatic rings. The van der Waals surface area contributed by atoms with Gasteiger partial charge in [0.1, 0.15) is 5.75 Å². The van der Waals surface area contributed by atoms with Gasteiger partial charge in [-0.1, -0.05) is 19.1 Å². The summed E-state index contributed by atoms with van der Waals surface area (Å²) in [4.78, 5) is 0. The lowest BCUT2D eigenvalue weighted by Gasteiger charge is -2.31. The molecule has 1 N–H and O–H groups in total. The number of nitrogens with one attached hydrogen (secondary N) is 1. The Morgan fingerprint density at radius 3 is 2.38 bits per heavy atom. The second-order valence-corrected chi connectivity index (χ2v) is 5.10. The highest BCUT2D eigenvalue weighted by molar-refractivity contribution is 5.29. The summed E-state index contributed by atoms with van der Waals surface area (Å²) in [6.07, 6.45) is -2.74. The fraction of sp³-hybridized carbons (Fsp3) is 0.600. The molecule has 0 spiro atoms. The van der Waals surface area contributed by atoms with Crippen molar-refractivity contribution in [2.75, 3.05) is 19.8 Å². The standard InChI is InChI=1S/C15H20F3NO2/c1-2-19-14(12-7-9-20-10-8-12)11-3-5-13(6-4-11)21-15(16,17)18/h3-6,12,14,19H,2,7-10H2,1H3. The third-order valence-corrected chi connectivity index (χ3v) is 3.63. The van der Waals surface area contributed by atoms with Gasteiger partial charge in [0, 0.05) is 19.3 Å². The Bertz CT molecular complexity index is 428. The predicted octanol–water partition coefficient (Wildman–Crippen LogP) is 3.66. The number of alkyl halides is 3. The Morgan fingerprint density at radius 1 is 1.24 bits per heavy atom. The van der Waals surface area contributed by atoms with Crippen molar-refractivity contribution in [3.63, 3.8) is 0 Å². The van der Waals surface area contributed by atoms with Gasteiger partial charge in [-0.15, -0.1) is 13.2 Å². The molecule has 0 amide bonds. The number of ether oxygens (including phenoxy) is 2. The highest BCUT2D eigenvalue weighted by atomic mass is 19.4. The summed E-state index contributed by atoms with van der Waals surface area (Å²) in [7, 11) is 0. The van der Waals surface area contributed by atoms with Crippen molar-refractivity contribution in [3.05, 3.63) is 29.8 Å². The van der Waals surface area contributed by atoms with Crippen LogP contribution in [0.4, 0.5) is 13.2 Å². The zero-order valence-electron chi connectivity index (χ0n) is 12.0. The van der Waals surface area contributed by atoms with Gasteiger partial charge in [-0.2, -0.15) is 0 Å². The molecule has 1 unspecified atom stereocenters. The molecule has 1 heterocycles. The fourth-order valence-electron chi connectivity index (χ4n) is 2.70. The van der Waals surface area contributed by atoms with Crippen molar-refractivity contribution < 1.29 is 22.6 Å².